The standard InChI is InChI=1S/C14H23N5OS/c1-2-5-18-6-8-19(9-7-18)14-11(12(15)17-21-14)13(20)16-10-3-4-10/h10H,2-9H2,1H3,(H2,15,17)(H,16,20). The van der Waals surface area contributed by atoms with Crippen LogP contribution in [0.25, 0.3) is 0 Å². The highest BCUT2D eigenvalue weighted by Gasteiger charge is 2.30. The van der Waals surface area contributed by atoms with Crippen LogP contribution >= 0.6 is 11.5 Å². The van der Waals surface area contributed by atoms with Crippen LogP contribution in [0, 0.1) is 0 Å². The van der Waals surface area contributed by atoms with Gasteiger partial charge in [-0.05, 0) is 37.3 Å². The second kappa shape index (κ2) is 6.19. The Balaban J connectivity index is 1.69. The van der Waals surface area contributed by atoms with Crippen LogP contribution in [0.2, 0.25) is 0 Å². The number of piperazine rings is 1. The Bertz CT molecular complexity index is 505. The Morgan fingerprint density at radius 1 is 1.38 bits per heavy atom. The minimum absolute atomic E-state index is 0.0604. The van der Waals surface area contributed by atoms with Gasteiger partial charge in [0.1, 0.15) is 10.6 Å². The average Bonchev–Trinajstić information content (AvgIpc) is 3.20. The molecular formula is C14H23N5OS. The Labute approximate surface area is 129 Å². The van der Waals surface area contributed by atoms with Crippen molar-refractivity contribution in [2.75, 3.05) is 43.4 Å². The Morgan fingerprint density at radius 3 is 2.71 bits per heavy atom. The van der Waals surface area contributed by atoms with Crippen LogP contribution in [0.15, 0.2) is 0 Å². The van der Waals surface area contributed by atoms with E-state index in [0.717, 1.165) is 50.6 Å². The minimum Gasteiger partial charge on any atom is -0.382 e. The van der Waals surface area contributed by atoms with Crippen molar-refractivity contribution in [3.8, 4) is 0 Å². The third kappa shape index (κ3) is 3.29. The highest BCUT2D eigenvalue weighted by Crippen LogP contribution is 2.32. The zero-order chi connectivity index (χ0) is 14.8. The zero-order valence-electron chi connectivity index (χ0n) is 12.5. The van der Waals surface area contributed by atoms with E-state index in [-0.39, 0.29) is 5.91 Å². The van der Waals surface area contributed by atoms with E-state index in [2.05, 4.69) is 26.4 Å². The third-order valence-corrected chi connectivity index (χ3v) is 4.96. The van der Waals surface area contributed by atoms with Crippen LogP contribution in [0.1, 0.15) is 36.5 Å². The molecule has 1 amide bonds. The number of nitrogens with two attached hydrogens (primary N) is 1. The quantitative estimate of drug-likeness (QED) is 0.853. The van der Waals surface area contributed by atoms with E-state index >= 15 is 0 Å². The molecular weight excluding hydrogens is 286 g/mol. The molecule has 2 aliphatic rings. The number of hydrogen-bond acceptors (Lipinski definition) is 6. The molecule has 1 aromatic rings. The van der Waals surface area contributed by atoms with Gasteiger partial charge in [0.25, 0.3) is 5.91 Å². The Morgan fingerprint density at radius 2 is 2.10 bits per heavy atom. The van der Waals surface area contributed by atoms with Gasteiger partial charge in [-0.2, -0.15) is 4.37 Å². The summed E-state index contributed by atoms with van der Waals surface area (Å²) in [5.41, 5.74) is 6.50. The summed E-state index contributed by atoms with van der Waals surface area (Å²) in [6.45, 7) is 7.30. The summed E-state index contributed by atoms with van der Waals surface area (Å²) in [6.07, 6.45) is 3.34. The van der Waals surface area contributed by atoms with Crippen molar-refractivity contribution in [3.63, 3.8) is 0 Å². The monoisotopic (exact) mass is 309 g/mol. The van der Waals surface area contributed by atoms with Gasteiger partial charge < -0.3 is 16.0 Å². The van der Waals surface area contributed by atoms with Crippen molar-refractivity contribution in [1.29, 1.82) is 0 Å². The third-order valence-electron chi connectivity index (χ3n) is 4.04. The molecule has 1 aliphatic heterocycles. The number of carbonyl (C=O) groups is 1. The summed E-state index contributed by atoms with van der Waals surface area (Å²) >= 11 is 1.34. The number of amides is 1. The van der Waals surface area contributed by atoms with Crippen molar-refractivity contribution in [2.45, 2.75) is 32.2 Å². The molecule has 1 aliphatic carbocycles. The van der Waals surface area contributed by atoms with E-state index in [0.29, 0.717) is 17.4 Å². The lowest BCUT2D eigenvalue weighted by atomic mass is 10.2. The van der Waals surface area contributed by atoms with Gasteiger partial charge >= 0.3 is 0 Å². The number of nitrogens with zero attached hydrogens (tertiary/aromatic N) is 3. The van der Waals surface area contributed by atoms with Gasteiger partial charge in [-0.25, -0.2) is 0 Å². The average molecular weight is 309 g/mol. The molecule has 1 aromatic heterocycles. The van der Waals surface area contributed by atoms with E-state index in [4.69, 9.17) is 5.73 Å². The summed E-state index contributed by atoms with van der Waals surface area (Å²) in [6, 6.07) is 0.339. The fourth-order valence-electron chi connectivity index (χ4n) is 2.70. The van der Waals surface area contributed by atoms with Gasteiger partial charge in [-0.15, -0.1) is 0 Å². The highest BCUT2D eigenvalue weighted by molar-refractivity contribution is 7.11. The fourth-order valence-corrected chi connectivity index (χ4v) is 3.56. The number of hydrogen-bond donors (Lipinski definition) is 2. The van der Waals surface area contributed by atoms with Crippen molar-refractivity contribution in [2.24, 2.45) is 0 Å². The molecule has 7 heteroatoms. The fraction of sp³-hybridized carbons (Fsp3) is 0.714. The van der Waals surface area contributed by atoms with E-state index in [9.17, 15) is 4.79 Å². The number of rotatable bonds is 5. The second-order valence-electron chi connectivity index (χ2n) is 5.82. The SMILES string of the molecule is CCCN1CCN(c2snc(N)c2C(=O)NC2CC2)CC1. The number of aromatic nitrogens is 1. The van der Waals surface area contributed by atoms with Crippen molar-refractivity contribution < 1.29 is 4.79 Å². The summed E-state index contributed by atoms with van der Waals surface area (Å²) in [5, 5.41) is 3.95. The predicted molar refractivity (Wildman–Crippen MR) is 86.0 cm³/mol. The summed E-state index contributed by atoms with van der Waals surface area (Å²) < 4.78 is 4.20. The number of nitrogen functional groups attached to an aromatic ring is 1. The van der Waals surface area contributed by atoms with Crippen LogP contribution in [0.4, 0.5) is 10.8 Å². The molecule has 1 saturated carbocycles. The predicted octanol–water partition coefficient (Wildman–Crippen LogP) is 1.15. The molecule has 21 heavy (non-hydrogen) atoms. The number of carbonyl (C=O) groups excluding carboxylic acids is 1. The Hall–Kier alpha value is -1.34. The van der Waals surface area contributed by atoms with Crippen molar-refractivity contribution in [1.82, 2.24) is 14.6 Å². The van der Waals surface area contributed by atoms with Crippen molar-refractivity contribution >= 4 is 28.3 Å². The Kier molecular flexibility index (Phi) is 4.30. The molecule has 3 rings (SSSR count). The van der Waals surface area contributed by atoms with E-state index < -0.39 is 0 Å². The molecule has 1 saturated heterocycles. The summed E-state index contributed by atoms with van der Waals surface area (Å²) in [5.74, 6) is 0.305. The first kappa shape index (κ1) is 14.6. The first-order chi connectivity index (χ1) is 10.2. The molecule has 2 heterocycles. The van der Waals surface area contributed by atoms with E-state index in [1.54, 1.807) is 0 Å². The molecule has 0 radical (unpaired) electrons. The lowest BCUT2D eigenvalue weighted by Gasteiger charge is -2.35. The van der Waals surface area contributed by atoms with Crippen molar-refractivity contribution in [3.05, 3.63) is 5.56 Å². The van der Waals surface area contributed by atoms with Gasteiger partial charge in [0.15, 0.2) is 5.82 Å². The molecule has 0 aromatic carbocycles. The maximum Gasteiger partial charge on any atom is 0.258 e. The molecule has 3 N–H and O–H groups in total. The molecule has 6 nitrogen and oxygen atoms in total. The first-order valence-electron chi connectivity index (χ1n) is 7.72. The molecule has 0 unspecified atom stereocenters. The molecule has 116 valence electrons. The largest absolute Gasteiger partial charge is 0.382 e. The van der Waals surface area contributed by atoms with Gasteiger partial charge in [0.05, 0.1) is 0 Å². The normalized spacial score (nSPS) is 19.8. The molecule has 0 bridgehead atoms. The smallest absolute Gasteiger partial charge is 0.258 e. The summed E-state index contributed by atoms with van der Waals surface area (Å²) in [7, 11) is 0. The van der Waals surface area contributed by atoms with Crippen LogP contribution in [-0.2, 0) is 0 Å². The first-order valence-corrected chi connectivity index (χ1v) is 8.49. The topological polar surface area (TPSA) is 74.5 Å². The maximum atomic E-state index is 12.3. The number of nitrogens with one attached hydrogen (secondary N) is 1. The van der Waals surface area contributed by atoms with Gasteiger partial charge in [0, 0.05) is 32.2 Å². The molecule has 0 spiro atoms. The van der Waals surface area contributed by atoms with Crippen LogP contribution in [0.5, 0.6) is 0 Å². The second-order valence-corrected chi connectivity index (χ2v) is 6.58. The molecule has 2 fully saturated rings. The van der Waals surface area contributed by atoms with E-state index in [1.807, 2.05) is 0 Å². The maximum absolute atomic E-state index is 12.3. The summed E-state index contributed by atoms with van der Waals surface area (Å²) in [4.78, 5) is 17.1. The van der Waals surface area contributed by atoms with Gasteiger partial charge in [0.2, 0.25) is 0 Å². The van der Waals surface area contributed by atoms with Crippen LogP contribution in [0.3, 0.4) is 0 Å². The minimum atomic E-state index is -0.0604. The van der Waals surface area contributed by atoms with E-state index in [1.165, 1.54) is 18.0 Å². The number of anilines is 2. The van der Waals surface area contributed by atoms with Crippen LogP contribution < -0.4 is 16.0 Å². The van der Waals surface area contributed by atoms with Crippen LogP contribution in [-0.4, -0.2) is 53.9 Å². The zero-order valence-corrected chi connectivity index (χ0v) is 13.3. The van der Waals surface area contributed by atoms with Gasteiger partial charge in [-0.3, -0.25) is 9.69 Å². The lowest BCUT2D eigenvalue weighted by molar-refractivity contribution is 0.0952. The van der Waals surface area contributed by atoms with Gasteiger partial charge in [-0.1, -0.05) is 6.92 Å². The highest BCUT2D eigenvalue weighted by atomic mass is 32.1. The lowest BCUT2D eigenvalue weighted by Crippen LogP contribution is -2.46. The molecule has 0 atom stereocenters.